The normalized spacial score (nSPS) is 12.0. The van der Waals surface area contributed by atoms with Crippen LogP contribution in [-0.4, -0.2) is 36.0 Å². The number of imidazole rings is 1. The van der Waals surface area contributed by atoms with Crippen molar-refractivity contribution in [1.29, 1.82) is 0 Å². The summed E-state index contributed by atoms with van der Waals surface area (Å²) in [6.07, 6.45) is 2.63. The van der Waals surface area contributed by atoms with E-state index in [0.29, 0.717) is 28.6 Å². The summed E-state index contributed by atoms with van der Waals surface area (Å²) in [5.41, 5.74) is 0.630. The first kappa shape index (κ1) is 15.2. The molecule has 0 aliphatic heterocycles. The van der Waals surface area contributed by atoms with Gasteiger partial charge in [-0.05, 0) is 24.6 Å². The Morgan fingerprint density at radius 3 is 2.24 bits per heavy atom. The maximum atomic E-state index is 10.6. The van der Waals surface area contributed by atoms with Crippen molar-refractivity contribution in [2.24, 2.45) is 0 Å². The Kier molecular flexibility index (Phi) is 4.70. The maximum Gasteiger partial charge on any atom is 0.203 e. The number of aliphatic hydroxyl groups is 1. The van der Waals surface area contributed by atoms with Crippen LogP contribution < -0.4 is 14.2 Å². The van der Waals surface area contributed by atoms with Crippen LogP contribution >= 0.6 is 0 Å². The largest absolute Gasteiger partial charge is 0.493 e. The molecule has 2 aromatic rings. The molecule has 0 unspecified atom stereocenters. The molecule has 0 saturated carbocycles. The molecule has 6 heteroatoms. The lowest BCUT2D eigenvalue weighted by Gasteiger charge is -2.17. The van der Waals surface area contributed by atoms with Crippen molar-refractivity contribution in [2.75, 3.05) is 21.3 Å². The molecule has 0 fully saturated rings. The van der Waals surface area contributed by atoms with Gasteiger partial charge in [0.1, 0.15) is 11.9 Å². The highest BCUT2D eigenvalue weighted by atomic mass is 16.5. The van der Waals surface area contributed by atoms with Crippen molar-refractivity contribution >= 4 is 0 Å². The zero-order valence-corrected chi connectivity index (χ0v) is 12.7. The predicted molar refractivity (Wildman–Crippen MR) is 78.1 cm³/mol. The standard InChI is InChI=1S/C15H20N2O4/c1-5-17-7-6-16-15(17)13(18)10-8-11(19-2)14(21-4)12(9-10)20-3/h6-9,13,18H,5H2,1-4H3/t13-/m1/s1. The van der Waals surface area contributed by atoms with E-state index >= 15 is 0 Å². The highest BCUT2D eigenvalue weighted by Crippen LogP contribution is 2.40. The van der Waals surface area contributed by atoms with Gasteiger partial charge in [-0.25, -0.2) is 4.98 Å². The number of aryl methyl sites for hydroxylation is 1. The molecule has 1 atom stereocenters. The summed E-state index contributed by atoms with van der Waals surface area (Å²) in [6, 6.07) is 3.45. The van der Waals surface area contributed by atoms with Gasteiger partial charge < -0.3 is 23.9 Å². The molecule has 1 aromatic heterocycles. The summed E-state index contributed by atoms with van der Waals surface area (Å²) >= 11 is 0. The lowest BCUT2D eigenvalue weighted by molar-refractivity contribution is 0.203. The first-order valence-corrected chi connectivity index (χ1v) is 6.65. The number of aliphatic hydroxyl groups excluding tert-OH is 1. The molecule has 1 N–H and O–H groups in total. The average molecular weight is 292 g/mol. The number of rotatable bonds is 6. The molecule has 1 heterocycles. The van der Waals surface area contributed by atoms with Crippen molar-refractivity contribution in [3.05, 3.63) is 35.9 Å². The van der Waals surface area contributed by atoms with E-state index in [1.807, 2.05) is 17.7 Å². The second kappa shape index (κ2) is 6.49. The zero-order chi connectivity index (χ0) is 15.4. The quantitative estimate of drug-likeness (QED) is 0.882. The molecule has 21 heavy (non-hydrogen) atoms. The smallest absolute Gasteiger partial charge is 0.203 e. The fraction of sp³-hybridized carbons (Fsp3) is 0.400. The van der Waals surface area contributed by atoms with E-state index in [1.165, 1.54) is 0 Å². The molecule has 0 aliphatic carbocycles. The van der Waals surface area contributed by atoms with E-state index in [9.17, 15) is 5.11 Å². The van der Waals surface area contributed by atoms with Crippen LogP contribution in [0.1, 0.15) is 24.4 Å². The van der Waals surface area contributed by atoms with Crippen molar-refractivity contribution in [3.63, 3.8) is 0 Å². The van der Waals surface area contributed by atoms with Crippen LogP contribution in [0, 0.1) is 0 Å². The molecular formula is C15H20N2O4. The number of hydrogen-bond donors (Lipinski definition) is 1. The number of methoxy groups -OCH3 is 3. The molecule has 6 nitrogen and oxygen atoms in total. The van der Waals surface area contributed by atoms with E-state index in [4.69, 9.17) is 14.2 Å². The number of benzene rings is 1. The Labute approximate surface area is 123 Å². The fourth-order valence-electron chi connectivity index (χ4n) is 2.24. The van der Waals surface area contributed by atoms with E-state index in [0.717, 1.165) is 6.54 Å². The van der Waals surface area contributed by atoms with E-state index in [-0.39, 0.29) is 0 Å². The number of nitrogens with zero attached hydrogens (tertiary/aromatic N) is 2. The van der Waals surface area contributed by atoms with Gasteiger partial charge >= 0.3 is 0 Å². The highest BCUT2D eigenvalue weighted by molar-refractivity contribution is 5.54. The number of hydrogen-bond acceptors (Lipinski definition) is 5. The van der Waals surface area contributed by atoms with Crippen LogP contribution in [0.4, 0.5) is 0 Å². The van der Waals surface area contributed by atoms with Crippen LogP contribution in [0.25, 0.3) is 0 Å². The summed E-state index contributed by atoms with van der Waals surface area (Å²) < 4.78 is 17.8. The Morgan fingerprint density at radius 2 is 1.76 bits per heavy atom. The molecule has 0 spiro atoms. The van der Waals surface area contributed by atoms with E-state index in [2.05, 4.69) is 4.98 Å². The minimum absolute atomic E-state index is 0.495. The molecule has 114 valence electrons. The van der Waals surface area contributed by atoms with Crippen molar-refractivity contribution in [1.82, 2.24) is 9.55 Å². The van der Waals surface area contributed by atoms with Crippen molar-refractivity contribution in [3.8, 4) is 17.2 Å². The Morgan fingerprint density at radius 1 is 1.14 bits per heavy atom. The van der Waals surface area contributed by atoms with Gasteiger partial charge in [-0.15, -0.1) is 0 Å². The highest BCUT2D eigenvalue weighted by Gasteiger charge is 2.21. The molecule has 0 saturated heterocycles. The van der Waals surface area contributed by atoms with Crippen LogP contribution in [0.3, 0.4) is 0 Å². The topological polar surface area (TPSA) is 65.7 Å². The van der Waals surface area contributed by atoms with Crippen LogP contribution in [0.15, 0.2) is 24.5 Å². The molecule has 2 rings (SSSR count). The Balaban J connectivity index is 2.48. The van der Waals surface area contributed by atoms with Gasteiger partial charge in [-0.2, -0.15) is 0 Å². The summed E-state index contributed by atoms with van der Waals surface area (Å²) in [7, 11) is 4.63. The predicted octanol–water partition coefficient (Wildman–Crippen LogP) is 2.01. The minimum atomic E-state index is -0.867. The van der Waals surface area contributed by atoms with Gasteiger partial charge in [-0.3, -0.25) is 0 Å². The van der Waals surface area contributed by atoms with Gasteiger partial charge in [0.15, 0.2) is 11.5 Å². The molecule has 0 amide bonds. The first-order valence-electron chi connectivity index (χ1n) is 6.65. The summed E-state index contributed by atoms with van der Waals surface area (Å²) in [4.78, 5) is 4.22. The molecular weight excluding hydrogens is 272 g/mol. The van der Waals surface area contributed by atoms with Crippen LogP contribution in [-0.2, 0) is 6.54 Å². The average Bonchev–Trinajstić information content (AvgIpc) is 3.01. The maximum absolute atomic E-state index is 10.6. The minimum Gasteiger partial charge on any atom is -0.493 e. The second-order valence-corrected chi connectivity index (χ2v) is 4.43. The van der Waals surface area contributed by atoms with Crippen LogP contribution in [0.5, 0.6) is 17.2 Å². The van der Waals surface area contributed by atoms with Gasteiger partial charge in [0.05, 0.1) is 21.3 Å². The summed E-state index contributed by atoms with van der Waals surface area (Å²) in [5, 5.41) is 10.6. The zero-order valence-electron chi connectivity index (χ0n) is 12.7. The van der Waals surface area contributed by atoms with Gasteiger partial charge in [0.2, 0.25) is 5.75 Å². The SMILES string of the molecule is CCn1ccnc1[C@H](O)c1cc(OC)c(OC)c(OC)c1. The summed E-state index contributed by atoms with van der Waals surface area (Å²) in [6.45, 7) is 2.73. The third-order valence-electron chi connectivity index (χ3n) is 3.34. The number of ether oxygens (including phenoxy) is 3. The van der Waals surface area contributed by atoms with E-state index < -0.39 is 6.10 Å². The number of aromatic nitrogens is 2. The third kappa shape index (κ3) is 2.80. The second-order valence-electron chi connectivity index (χ2n) is 4.43. The molecule has 0 bridgehead atoms. The Hall–Kier alpha value is -2.21. The lowest BCUT2D eigenvalue weighted by Crippen LogP contribution is -2.09. The first-order chi connectivity index (χ1) is 10.2. The molecule has 1 aromatic carbocycles. The van der Waals surface area contributed by atoms with E-state index in [1.54, 1.807) is 39.7 Å². The van der Waals surface area contributed by atoms with Gasteiger partial charge in [-0.1, -0.05) is 0 Å². The summed E-state index contributed by atoms with van der Waals surface area (Å²) in [5.74, 6) is 2.07. The Bertz CT molecular complexity index is 584. The fourth-order valence-corrected chi connectivity index (χ4v) is 2.24. The van der Waals surface area contributed by atoms with Gasteiger partial charge in [0.25, 0.3) is 0 Å². The van der Waals surface area contributed by atoms with Crippen molar-refractivity contribution in [2.45, 2.75) is 19.6 Å². The lowest BCUT2D eigenvalue weighted by atomic mass is 10.1. The third-order valence-corrected chi connectivity index (χ3v) is 3.34. The van der Waals surface area contributed by atoms with Gasteiger partial charge in [0, 0.05) is 18.9 Å². The monoisotopic (exact) mass is 292 g/mol. The van der Waals surface area contributed by atoms with Crippen LogP contribution in [0.2, 0.25) is 0 Å². The molecule has 0 aliphatic rings. The molecule has 0 radical (unpaired) electrons. The van der Waals surface area contributed by atoms with Crippen molar-refractivity contribution < 1.29 is 19.3 Å².